The molecule has 1 N–H and O–H groups in total. The van der Waals surface area contributed by atoms with Crippen molar-refractivity contribution in [1.29, 1.82) is 5.26 Å². The van der Waals surface area contributed by atoms with Gasteiger partial charge in [0.25, 0.3) is 0 Å². The van der Waals surface area contributed by atoms with Crippen molar-refractivity contribution in [2.45, 2.75) is 19.9 Å². The Morgan fingerprint density at radius 3 is 2.87 bits per heavy atom. The molecule has 0 saturated carbocycles. The second-order valence-corrected chi connectivity index (χ2v) is 3.07. The third kappa shape index (κ3) is 3.13. The Morgan fingerprint density at radius 2 is 2.33 bits per heavy atom. The first-order valence-electron chi connectivity index (χ1n) is 4.76. The lowest BCUT2D eigenvalue weighted by Gasteiger charge is -2.10. The molecule has 0 saturated heterocycles. The summed E-state index contributed by atoms with van der Waals surface area (Å²) in [6.07, 6.45) is 0. The van der Waals surface area contributed by atoms with E-state index in [4.69, 9.17) is 10.00 Å². The van der Waals surface area contributed by atoms with Crippen LogP contribution in [0.1, 0.15) is 13.8 Å². The molecule has 0 aromatic heterocycles. The topological polar surface area (TPSA) is 45.0 Å². The highest BCUT2D eigenvalue weighted by Crippen LogP contribution is 2.21. The number of anilines is 1. The van der Waals surface area contributed by atoms with E-state index in [9.17, 15) is 4.39 Å². The lowest BCUT2D eigenvalue weighted by Crippen LogP contribution is -2.12. The summed E-state index contributed by atoms with van der Waals surface area (Å²) >= 11 is 0. The van der Waals surface area contributed by atoms with Gasteiger partial charge in [0.05, 0.1) is 12.7 Å². The van der Waals surface area contributed by atoms with Crippen molar-refractivity contribution in [3.8, 4) is 11.8 Å². The van der Waals surface area contributed by atoms with Crippen LogP contribution in [-0.4, -0.2) is 12.6 Å². The van der Waals surface area contributed by atoms with E-state index in [2.05, 4.69) is 5.32 Å². The maximum Gasteiger partial charge on any atom is 0.167 e. The van der Waals surface area contributed by atoms with Gasteiger partial charge in [-0.2, -0.15) is 5.26 Å². The van der Waals surface area contributed by atoms with Crippen molar-refractivity contribution in [3.63, 3.8) is 0 Å². The summed E-state index contributed by atoms with van der Waals surface area (Å²) in [5.74, 6) is -0.195. The number of hydrogen-bond acceptors (Lipinski definition) is 3. The molecule has 15 heavy (non-hydrogen) atoms. The van der Waals surface area contributed by atoms with Gasteiger partial charge in [-0.05, 0) is 26.0 Å². The zero-order valence-corrected chi connectivity index (χ0v) is 8.75. The third-order valence-corrected chi connectivity index (χ3v) is 1.81. The van der Waals surface area contributed by atoms with E-state index in [0.717, 1.165) is 0 Å². The molecule has 0 aliphatic heterocycles. The van der Waals surface area contributed by atoms with Gasteiger partial charge in [-0.25, -0.2) is 4.39 Å². The Bertz CT molecular complexity index is 373. The molecule has 1 rings (SSSR count). The predicted octanol–water partition coefficient (Wildman–Crippen LogP) is 2.55. The van der Waals surface area contributed by atoms with Crippen LogP contribution < -0.4 is 10.1 Å². The van der Waals surface area contributed by atoms with Crippen molar-refractivity contribution in [2.24, 2.45) is 0 Å². The minimum atomic E-state index is -0.424. The van der Waals surface area contributed by atoms with Gasteiger partial charge in [0.1, 0.15) is 6.04 Å². The Hall–Kier alpha value is -1.76. The highest BCUT2D eigenvalue weighted by Gasteiger charge is 2.05. The summed E-state index contributed by atoms with van der Waals surface area (Å²) < 4.78 is 18.4. The first-order valence-corrected chi connectivity index (χ1v) is 4.76. The van der Waals surface area contributed by atoms with Crippen molar-refractivity contribution < 1.29 is 9.13 Å². The van der Waals surface area contributed by atoms with Crippen LogP contribution in [0, 0.1) is 17.1 Å². The van der Waals surface area contributed by atoms with Crippen LogP contribution in [0.4, 0.5) is 10.1 Å². The van der Waals surface area contributed by atoms with Crippen molar-refractivity contribution in [2.75, 3.05) is 11.9 Å². The number of benzene rings is 1. The van der Waals surface area contributed by atoms with Crippen molar-refractivity contribution in [3.05, 3.63) is 24.0 Å². The highest BCUT2D eigenvalue weighted by molar-refractivity contribution is 5.48. The minimum absolute atomic E-state index is 0.229. The molecule has 0 radical (unpaired) electrons. The number of ether oxygens (including phenoxy) is 1. The largest absolute Gasteiger partial charge is 0.491 e. The molecule has 0 amide bonds. The average Bonchev–Trinajstić information content (AvgIpc) is 2.22. The van der Waals surface area contributed by atoms with Crippen LogP contribution in [0.2, 0.25) is 0 Å². The Balaban J connectivity index is 2.78. The van der Waals surface area contributed by atoms with E-state index in [1.165, 1.54) is 6.07 Å². The molecule has 1 aromatic carbocycles. The van der Waals surface area contributed by atoms with E-state index < -0.39 is 5.82 Å². The van der Waals surface area contributed by atoms with Gasteiger partial charge in [0.15, 0.2) is 11.6 Å². The monoisotopic (exact) mass is 208 g/mol. The summed E-state index contributed by atoms with van der Waals surface area (Å²) in [5, 5.41) is 11.4. The quantitative estimate of drug-likeness (QED) is 0.827. The molecule has 0 aliphatic carbocycles. The maximum absolute atomic E-state index is 13.3. The molecule has 1 aromatic rings. The molecule has 0 aliphatic rings. The highest BCUT2D eigenvalue weighted by atomic mass is 19.1. The van der Waals surface area contributed by atoms with E-state index >= 15 is 0 Å². The van der Waals surface area contributed by atoms with Gasteiger partial charge in [0.2, 0.25) is 0 Å². The van der Waals surface area contributed by atoms with Gasteiger partial charge in [-0.15, -0.1) is 0 Å². The van der Waals surface area contributed by atoms with Crippen LogP contribution >= 0.6 is 0 Å². The fraction of sp³-hybridized carbons (Fsp3) is 0.364. The average molecular weight is 208 g/mol. The maximum atomic E-state index is 13.3. The summed E-state index contributed by atoms with van der Waals surface area (Å²) in [4.78, 5) is 0. The first kappa shape index (κ1) is 11.3. The van der Waals surface area contributed by atoms with Gasteiger partial charge >= 0.3 is 0 Å². The molecule has 0 spiro atoms. The van der Waals surface area contributed by atoms with E-state index in [1.807, 2.05) is 6.07 Å². The number of rotatable bonds is 4. The molecular formula is C11H13FN2O. The first-order chi connectivity index (χ1) is 7.17. The number of halogens is 1. The molecule has 3 nitrogen and oxygen atoms in total. The third-order valence-electron chi connectivity index (χ3n) is 1.81. The second kappa shape index (κ2) is 5.20. The van der Waals surface area contributed by atoms with Crippen molar-refractivity contribution in [1.82, 2.24) is 0 Å². The Kier molecular flexibility index (Phi) is 3.92. The minimum Gasteiger partial charge on any atom is -0.491 e. The van der Waals surface area contributed by atoms with Gasteiger partial charge in [0, 0.05) is 11.8 Å². The fourth-order valence-corrected chi connectivity index (χ4v) is 1.15. The van der Waals surface area contributed by atoms with Crippen molar-refractivity contribution >= 4 is 5.69 Å². The molecule has 0 heterocycles. The normalized spacial score (nSPS) is 11.6. The summed E-state index contributed by atoms with van der Waals surface area (Å²) in [7, 11) is 0. The molecule has 0 bridgehead atoms. The Labute approximate surface area is 88.5 Å². The molecular weight excluding hydrogens is 195 g/mol. The number of hydrogen-bond donors (Lipinski definition) is 1. The zero-order chi connectivity index (χ0) is 11.3. The molecule has 1 atom stereocenters. The number of nitrogens with one attached hydrogen (secondary N) is 1. The van der Waals surface area contributed by atoms with E-state index in [-0.39, 0.29) is 11.8 Å². The lowest BCUT2D eigenvalue weighted by molar-refractivity contribution is 0.321. The summed E-state index contributed by atoms with van der Waals surface area (Å²) in [6.45, 7) is 3.93. The number of nitrogens with zero attached hydrogens (tertiary/aromatic N) is 1. The predicted molar refractivity (Wildman–Crippen MR) is 56.3 cm³/mol. The van der Waals surface area contributed by atoms with Crippen LogP contribution in [-0.2, 0) is 0 Å². The smallest absolute Gasteiger partial charge is 0.167 e. The Morgan fingerprint density at radius 1 is 1.60 bits per heavy atom. The van der Waals surface area contributed by atoms with Crippen LogP contribution in [0.5, 0.6) is 5.75 Å². The second-order valence-electron chi connectivity index (χ2n) is 3.07. The SMILES string of the molecule is CCOc1ccc(NC(C)C#N)cc1F. The molecule has 1 unspecified atom stereocenters. The van der Waals surface area contributed by atoms with E-state index in [1.54, 1.807) is 26.0 Å². The van der Waals surface area contributed by atoms with Crippen LogP contribution in [0.15, 0.2) is 18.2 Å². The number of nitriles is 1. The van der Waals surface area contributed by atoms with E-state index in [0.29, 0.717) is 12.3 Å². The molecule has 80 valence electrons. The van der Waals surface area contributed by atoms with Gasteiger partial charge in [-0.1, -0.05) is 0 Å². The molecule has 4 heteroatoms. The van der Waals surface area contributed by atoms with Gasteiger partial charge in [-0.3, -0.25) is 0 Å². The van der Waals surface area contributed by atoms with Gasteiger partial charge < -0.3 is 10.1 Å². The molecule has 0 fully saturated rings. The zero-order valence-electron chi connectivity index (χ0n) is 8.75. The summed E-state index contributed by atoms with van der Waals surface area (Å²) in [6, 6.07) is 6.21. The lowest BCUT2D eigenvalue weighted by atomic mass is 10.2. The van der Waals surface area contributed by atoms with Crippen LogP contribution in [0.3, 0.4) is 0 Å². The fourth-order valence-electron chi connectivity index (χ4n) is 1.15. The standard InChI is InChI=1S/C11H13FN2O/c1-3-15-11-5-4-9(6-10(11)12)14-8(2)7-13/h4-6,8,14H,3H2,1-2H3. The van der Waals surface area contributed by atoms with Crippen LogP contribution in [0.25, 0.3) is 0 Å². The summed E-state index contributed by atoms with van der Waals surface area (Å²) in [5.41, 5.74) is 0.574.